The SMILES string of the molecule is C=Cc1c(-c2ccccc2)ccc(-c2c(C=C)c(C=C)c(C3=C(\C)Sc4cc(C)c(C)cc4C(=C)/C(C)=C\3C)c3ccccc23)c1C=C.CC. The lowest BCUT2D eigenvalue weighted by molar-refractivity contribution is 1.24. The average molecular weight is 669 g/mol. The number of hydrogen-bond donors (Lipinski definition) is 0. The fraction of sp³-hybridized carbons (Fsp3) is 0.143. The van der Waals surface area contributed by atoms with Gasteiger partial charge in [0.05, 0.1) is 0 Å². The fourth-order valence-corrected chi connectivity index (χ4v) is 8.41. The van der Waals surface area contributed by atoms with Gasteiger partial charge in [0.2, 0.25) is 0 Å². The van der Waals surface area contributed by atoms with E-state index < -0.39 is 0 Å². The zero-order chi connectivity index (χ0) is 36.3. The summed E-state index contributed by atoms with van der Waals surface area (Å²) in [6.07, 6.45) is 7.91. The number of rotatable bonds is 7. The molecule has 0 saturated heterocycles. The van der Waals surface area contributed by atoms with E-state index in [1.165, 1.54) is 54.2 Å². The van der Waals surface area contributed by atoms with Crippen LogP contribution in [0.4, 0.5) is 0 Å². The van der Waals surface area contributed by atoms with Crippen molar-refractivity contribution in [1.29, 1.82) is 0 Å². The molecule has 0 bridgehead atoms. The summed E-state index contributed by atoms with van der Waals surface area (Å²) < 4.78 is 0. The first-order chi connectivity index (χ1) is 24.2. The van der Waals surface area contributed by atoms with E-state index in [0.29, 0.717) is 0 Å². The summed E-state index contributed by atoms with van der Waals surface area (Å²) in [5, 5.41) is 2.32. The van der Waals surface area contributed by atoms with Crippen LogP contribution in [-0.2, 0) is 0 Å². The Bertz CT molecular complexity index is 2270. The van der Waals surface area contributed by atoms with Crippen molar-refractivity contribution in [2.24, 2.45) is 0 Å². The van der Waals surface area contributed by atoms with E-state index in [4.69, 9.17) is 0 Å². The molecule has 0 unspecified atom stereocenters. The van der Waals surface area contributed by atoms with Crippen LogP contribution in [0.25, 0.3) is 68.5 Å². The van der Waals surface area contributed by atoms with E-state index in [2.05, 4.69) is 140 Å². The molecule has 0 nitrogen and oxygen atoms in total. The van der Waals surface area contributed by atoms with Crippen LogP contribution in [-0.4, -0.2) is 0 Å². The zero-order valence-electron chi connectivity index (χ0n) is 30.8. The van der Waals surface area contributed by atoms with Gasteiger partial charge < -0.3 is 0 Å². The minimum absolute atomic E-state index is 1.05. The lowest BCUT2D eigenvalue weighted by Gasteiger charge is -2.27. The van der Waals surface area contributed by atoms with Crippen molar-refractivity contribution in [2.75, 3.05) is 0 Å². The Balaban J connectivity index is 0.00000239. The monoisotopic (exact) mass is 668 g/mol. The number of allylic oxidation sites excluding steroid dienone is 5. The first-order valence-electron chi connectivity index (χ1n) is 17.4. The molecule has 1 heteroatoms. The predicted octanol–water partition coefficient (Wildman–Crippen LogP) is 15.3. The van der Waals surface area contributed by atoms with E-state index in [-0.39, 0.29) is 0 Å². The summed E-state index contributed by atoms with van der Waals surface area (Å²) in [4.78, 5) is 2.48. The molecule has 0 amide bonds. The van der Waals surface area contributed by atoms with Crippen molar-refractivity contribution in [3.63, 3.8) is 0 Å². The average Bonchev–Trinajstić information content (AvgIpc) is 3.15. The van der Waals surface area contributed by atoms with Crippen molar-refractivity contribution in [1.82, 2.24) is 0 Å². The minimum Gasteiger partial charge on any atom is -0.0984 e. The highest BCUT2D eigenvalue weighted by Gasteiger charge is 2.27. The lowest BCUT2D eigenvalue weighted by atomic mass is 9.79. The summed E-state index contributed by atoms with van der Waals surface area (Å²) >= 11 is 1.83. The van der Waals surface area contributed by atoms with Gasteiger partial charge in [-0.05, 0) is 145 Å². The Morgan fingerprint density at radius 2 is 1.02 bits per heavy atom. The molecular formula is C49H48S. The number of hydrogen-bond acceptors (Lipinski definition) is 1. The van der Waals surface area contributed by atoms with Gasteiger partial charge in [-0.2, -0.15) is 0 Å². The molecule has 5 aromatic rings. The smallest absolute Gasteiger partial charge is 0.0200 e. The molecule has 50 heavy (non-hydrogen) atoms. The molecule has 250 valence electrons. The Hall–Kier alpha value is -5.11. The Morgan fingerprint density at radius 1 is 0.520 bits per heavy atom. The van der Waals surface area contributed by atoms with Gasteiger partial charge in [0, 0.05) is 4.90 Å². The van der Waals surface area contributed by atoms with Crippen LogP contribution in [0.5, 0.6) is 0 Å². The molecule has 1 aliphatic heterocycles. The van der Waals surface area contributed by atoms with Crippen LogP contribution < -0.4 is 0 Å². The number of aryl methyl sites for hydroxylation is 2. The Labute approximate surface area is 304 Å². The molecule has 1 aliphatic rings. The highest BCUT2D eigenvalue weighted by Crippen LogP contribution is 2.50. The van der Waals surface area contributed by atoms with E-state index in [1.54, 1.807) is 0 Å². The van der Waals surface area contributed by atoms with Gasteiger partial charge in [0.15, 0.2) is 0 Å². The molecule has 0 radical (unpaired) electrons. The topological polar surface area (TPSA) is 0 Å². The van der Waals surface area contributed by atoms with Crippen LogP contribution >= 0.6 is 11.8 Å². The number of thioether (sulfide) groups is 1. The maximum atomic E-state index is 4.62. The van der Waals surface area contributed by atoms with Gasteiger partial charge >= 0.3 is 0 Å². The third-order valence-corrected chi connectivity index (χ3v) is 11.0. The van der Waals surface area contributed by atoms with Gasteiger partial charge in [-0.15, -0.1) is 0 Å². The van der Waals surface area contributed by atoms with Crippen LogP contribution in [0.3, 0.4) is 0 Å². The molecule has 5 aromatic carbocycles. The van der Waals surface area contributed by atoms with Crippen LogP contribution in [0, 0.1) is 13.8 Å². The van der Waals surface area contributed by atoms with Crippen molar-refractivity contribution >= 4 is 58.0 Å². The van der Waals surface area contributed by atoms with Crippen molar-refractivity contribution < 1.29 is 0 Å². The fourth-order valence-electron chi connectivity index (χ4n) is 7.20. The normalized spacial score (nSPS) is 15.7. The van der Waals surface area contributed by atoms with Gasteiger partial charge in [-0.1, -0.05) is 156 Å². The summed E-state index contributed by atoms with van der Waals surface area (Å²) in [5.74, 6) is 0. The van der Waals surface area contributed by atoms with E-state index in [0.717, 1.165) is 55.5 Å². The number of fused-ring (bicyclic) bond motifs is 2. The van der Waals surface area contributed by atoms with E-state index >= 15 is 0 Å². The first-order valence-corrected chi connectivity index (χ1v) is 18.2. The summed E-state index contributed by atoms with van der Waals surface area (Å²) in [7, 11) is 0. The van der Waals surface area contributed by atoms with Gasteiger partial charge in [0.25, 0.3) is 0 Å². The van der Waals surface area contributed by atoms with Gasteiger partial charge in [-0.25, -0.2) is 0 Å². The molecule has 0 saturated carbocycles. The summed E-state index contributed by atoms with van der Waals surface area (Å²) in [6.45, 7) is 37.0. The van der Waals surface area contributed by atoms with Crippen molar-refractivity contribution in [3.05, 3.63) is 172 Å². The molecule has 0 aliphatic carbocycles. The molecule has 1 heterocycles. The zero-order valence-corrected chi connectivity index (χ0v) is 31.6. The van der Waals surface area contributed by atoms with Gasteiger partial charge in [0.1, 0.15) is 0 Å². The molecule has 0 fully saturated rings. The quantitative estimate of drug-likeness (QED) is 0.166. The summed E-state index contributed by atoms with van der Waals surface area (Å²) in [5.41, 5.74) is 18.4. The molecule has 0 spiro atoms. The van der Waals surface area contributed by atoms with Crippen LogP contribution in [0.2, 0.25) is 0 Å². The highest BCUT2D eigenvalue weighted by molar-refractivity contribution is 8.03. The first kappa shape index (κ1) is 36.2. The second-order valence-electron chi connectivity index (χ2n) is 12.5. The highest BCUT2D eigenvalue weighted by atomic mass is 32.2. The third kappa shape index (κ3) is 6.12. The maximum Gasteiger partial charge on any atom is 0.0200 e. The molecule has 6 rings (SSSR count). The Morgan fingerprint density at radius 3 is 1.62 bits per heavy atom. The van der Waals surface area contributed by atoms with Gasteiger partial charge in [-0.3, -0.25) is 0 Å². The summed E-state index contributed by atoms with van der Waals surface area (Å²) in [6, 6.07) is 28.2. The molecule has 0 atom stereocenters. The van der Waals surface area contributed by atoms with Crippen LogP contribution in [0.1, 0.15) is 79.1 Å². The second-order valence-corrected chi connectivity index (χ2v) is 13.7. The second kappa shape index (κ2) is 15.2. The Kier molecular flexibility index (Phi) is 11.0. The molecule has 0 aromatic heterocycles. The van der Waals surface area contributed by atoms with Crippen LogP contribution in [0.15, 0.2) is 133 Å². The van der Waals surface area contributed by atoms with E-state index in [9.17, 15) is 0 Å². The van der Waals surface area contributed by atoms with Crippen molar-refractivity contribution in [2.45, 2.75) is 53.4 Å². The molecule has 0 N–H and O–H groups in total. The minimum atomic E-state index is 1.05. The van der Waals surface area contributed by atoms with E-state index in [1.807, 2.05) is 56.0 Å². The third-order valence-electron chi connectivity index (χ3n) is 9.93. The standard InChI is InChI=1S/C47H42S.C2H6/c1-11-35-36(12-2)42(25-24-39(35)34-20-16-15-17-21-34)46-37(13-3)38(14-4)47(41-23-19-18-22-40(41)46)45-32(9)30(7)31(8)43-26-28(5)29(6)27-44(43)48-33(45)10;1-2/h11-27H,1-4,8H2,5-7,9-10H3;1-2H3/b32-30-,45-33+;. The lowest BCUT2D eigenvalue weighted by Crippen LogP contribution is -2.05. The number of benzene rings is 5. The molecular weight excluding hydrogens is 621 g/mol. The largest absolute Gasteiger partial charge is 0.0984 e. The predicted molar refractivity (Wildman–Crippen MR) is 228 cm³/mol. The maximum absolute atomic E-state index is 4.62. The van der Waals surface area contributed by atoms with Crippen molar-refractivity contribution in [3.8, 4) is 22.3 Å².